The SMILES string of the molecule is Cc1ccc(C(=O)C2=COCCC2)c(Br)c1. The molecule has 84 valence electrons. The van der Waals surface area contributed by atoms with Crippen LogP contribution in [-0.2, 0) is 4.74 Å². The average molecular weight is 281 g/mol. The van der Waals surface area contributed by atoms with Gasteiger partial charge >= 0.3 is 0 Å². The molecule has 1 aromatic carbocycles. The Balaban J connectivity index is 2.30. The number of ether oxygens (including phenoxy) is 1. The van der Waals surface area contributed by atoms with Gasteiger partial charge in [0.25, 0.3) is 0 Å². The summed E-state index contributed by atoms with van der Waals surface area (Å²) in [7, 11) is 0. The van der Waals surface area contributed by atoms with E-state index in [4.69, 9.17) is 4.74 Å². The summed E-state index contributed by atoms with van der Waals surface area (Å²) in [6.45, 7) is 2.72. The number of rotatable bonds is 2. The maximum absolute atomic E-state index is 12.2. The Morgan fingerprint density at radius 2 is 2.25 bits per heavy atom. The van der Waals surface area contributed by atoms with Gasteiger partial charge < -0.3 is 4.74 Å². The molecule has 0 N–H and O–H groups in total. The molecule has 0 saturated heterocycles. The molecule has 1 aliphatic rings. The normalized spacial score (nSPS) is 15.2. The molecular formula is C13H13BrO2. The highest BCUT2D eigenvalue weighted by atomic mass is 79.9. The zero-order valence-electron chi connectivity index (χ0n) is 9.13. The summed E-state index contributed by atoms with van der Waals surface area (Å²) in [5.74, 6) is 0.0616. The van der Waals surface area contributed by atoms with E-state index in [0.717, 1.165) is 28.5 Å². The second-order valence-electron chi connectivity index (χ2n) is 3.93. The van der Waals surface area contributed by atoms with Crippen molar-refractivity contribution in [2.24, 2.45) is 0 Å². The van der Waals surface area contributed by atoms with Gasteiger partial charge in [-0.15, -0.1) is 0 Å². The van der Waals surface area contributed by atoms with Gasteiger partial charge in [-0.1, -0.05) is 22.0 Å². The maximum Gasteiger partial charge on any atom is 0.193 e. The van der Waals surface area contributed by atoms with Crippen molar-refractivity contribution in [2.45, 2.75) is 19.8 Å². The van der Waals surface area contributed by atoms with E-state index in [1.54, 1.807) is 6.26 Å². The third-order valence-electron chi connectivity index (χ3n) is 2.59. The quantitative estimate of drug-likeness (QED) is 0.774. The highest BCUT2D eigenvalue weighted by Gasteiger charge is 2.17. The van der Waals surface area contributed by atoms with E-state index < -0.39 is 0 Å². The van der Waals surface area contributed by atoms with Gasteiger partial charge in [0.1, 0.15) is 0 Å². The number of carbonyl (C=O) groups is 1. The summed E-state index contributed by atoms with van der Waals surface area (Å²) in [6.07, 6.45) is 3.32. The van der Waals surface area contributed by atoms with Gasteiger partial charge in [0.2, 0.25) is 0 Å². The minimum atomic E-state index is 0.0616. The van der Waals surface area contributed by atoms with Crippen molar-refractivity contribution in [3.8, 4) is 0 Å². The van der Waals surface area contributed by atoms with Gasteiger partial charge in [-0.05, 0) is 37.5 Å². The fourth-order valence-corrected chi connectivity index (χ4v) is 2.38. The van der Waals surface area contributed by atoms with Crippen LogP contribution >= 0.6 is 15.9 Å². The lowest BCUT2D eigenvalue weighted by Crippen LogP contribution is -2.09. The predicted octanol–water partition coefficient (Wildman–Crippen LogP) is 3.63. The summed E-state index contributed by atoms with van der Waals surface area (Å²) >= 11 is 3.43. The lowest BCUT2D eigenvalue weighted by atomic mass is 9.99. The van der Waals surface area contributed by atoms with Crippen molar-refractivity contribution in [1.82, 2.24) is 0 Å². The molecule has 0 bridgehead atoms. The lowest BCUT2D eigenvalue weighted by Gasteiger charge is -2.13. The Hall–Kier alpha value is -1.09. The molecule has 1 heterocycles. The standard InChI is InChI=1S/C13H13BrO2/c1-9-4-5-11(12(14)7-9)13(15)10-3-2-6-16-8-10/h4-5,7-8H,2-3,6H2,1H3. The summed E-state index contributed by atoms with van der Waals surface area (Å²) in [5.41, 5.74) is 2.61. The Kier molecular flexibility index (Phi) is 3.44. The van der Waals surface area contributed by atoms with Gasteiger partial charge in [-0.25, -0.2) is 0 Å². The van der Waals surface area contributed by atoms with E-state index in [2.05, 4.69) is 15.9 Å². The molecule has 0 aliphatic carbocycles. The first-order valence-electron chi connectivity index (χ1n) is 5.30. The van der Waals surface area contributed by atoms with Crippen molar-refractivity contribution in [3.63, 3.8) is 0 Å². The summed E-state index contributed by atoms with van der Waals surface area (Å²) in [5, 5.41) is 0. The number of benzene rings is 1. The fourth-order valence-electron chi connectivity index (χ4n) is 1.71. The molecule has 1 aromatic rings. The molecule has 0 unspecified atom stereocenters. The number of Topliss-reactive ketones (excluding diaryl/α,β-unsaturated/α-hetero) is 1. The number of hydrogen-bond donors (Lipinski definition) is 0. The molecule has 0 saturated carbocycles. The van der Waals surface area contributed by atoms with Crippen LogP contribution in [0.15, 0.2) is 34.5 Å². The summed E-state index contributed by atoms with van der Waals surface area (Å²) in [6, 6.07) is 5.76. The largest absolute Gasteiger partial charge is 0.501 e. The third-order valence-corrected chi connectivity index (χ3v) is 3.25. The number of aryl methyl sites for hydroxylation is 1. The summed E-state index contributed by atoms with van der Waals surface area (Å²) < 4.78 is 6.04. The van der Waals surface area contributed by atoms with Crippen LogP contribution < -0.4 is 0 Å². The number of carbonyl (C=O) groups excluding carboxylic acids is 1. The Morgan fingerprint density at radius 1 is 1.44 bits per heavy atom. The highest BCUT2D eigenvalue weighted by molar-refractivity contribution is 9.10. The van der Waals surface area contributed by atoms with E-state index in [9.17, 15) is 4.79 Å². The molecule has 3 heteroatoms. The molecule has 2 rings (SSSR count). The Bertz CT molecular complexity index is 449. The Morgan fingerprint density at radius 3 is 2.88 bits per heavy atom. The van der Waals surface area contributed by atoms with Crippen LogP contribution in [0.5, 0.6) is 0 Å². The average Bonchev–Trinajstić information content (AvgIpc) is 2.29. The minimum Gasteiger partial charge on any atom is -0.501 e. The number of halogens is 1. The van der Waals surface area contributed by atoms with Crippen LogP contribution in [0.1, 0.15) is 28.8 Å². The maximum atomic E-state index is 12.2. The van der Waals surface area contributed by atoms with Crippen LogP contribution in [0.3, 0.4) is 0 Å². The van der Waals surface area contributed by atoms with Gasteiger partial charge in [0.15, 0.2) is 5.78 Å². The predicted molar refractivity (Wildman–Crippen MR) is 66.5 cm³/mol. The smallest absolute Gasteiger partial charge is 0.193 e. The molecule has 0 aromatic heterocycles. The van der Waals surface area contributed by atoms with Crippen LogP contribution in [0, 0.1) is 6.92 Å². The van der Waals surface area contributed by atoms with E-state index in [-0.39, 0.29) is 5.78 Å². The lowest BCUT2D eigenvalue weighted by molar-refractivity contribution is 0.101. The van der Waals surface area contributed by atoms with E-state index in [1.165, 1.54) is 0 Å². The topological polar surface area (TPSA) is 26.3 Å². The van der Waals surface area contributed by atoms with E-state index in [0.29, 0.717) is 12.2 Å². The second kappa shape index (κ2) is 4.83. The van der Waals surface area contributed by atoms with Crippen LogP contribution in [-0.4, -0.2) is 12.4 Å². The van der Waals surface area contributed by atoms with Gasteiger partial charge in [0, 0.05) is 15.6 Å². The first-order valence-corrected chi connectivity index (χ1v) is 6.09. The van der Waals surface area contributed by atoms with E-state index in [1.807, 2.05) is 25.1 Å². The van der Waals surface area contributed by atoms with Gasteiger partial charge in [-0.3, -0.25) is 4.79 Å². The molecule has 1 aliphatic heterocycles. The van der Waals surface area contributed by atoms with Crippen molar-refractivity contribution in [3.05, 3.63) is 45.6 Å². The molecule has 16 heavy (non-hydrogen) atoms. The van der Waals surface area contributed by atoms with E-state index >= 15 is 0 Å². The molecule has 2 nitrogen and oxygen atoms in total. The van der Waals surface area contributed by atoms with Gasteiger partial charge in [-0.2, -0.15) is 0 Å². The number of hydrogen-bond acceptors (Lipinski definition) is 2. The highest BCUT2D eigenvalue weighted by Crippen LogP contribution is 2.24. The molecule has 0 fully saturated rings. The molecule has 0 atom stereocenters. The number of ketones is 1. The van der Waals surface area contributed by atoms with Gasteiger partial charge in [0.05, 0.1) is 12.9 Å². The van der Waals surface area contributed by atoms with Crippen molar-refractivity contribution in [1.29, 1.82) is 0 Å². The molecule has 0 amide bonds. The Labute approximate surface area is 103 Å². The van der Waals surface area contributed by atoms with Crippen LogP contribution in [0.4, 0.5) is 0 Å². The molecular weight excluding hydrogens is 268 g/mol. The zero-order chi connectivity index (χ0) is 11.5. The fraction of sp³-hybridized carbons (Fsp3) is 0.308. The first kappa shape index (κ1) is 11.4. The minimum absolute atomic E-state index is 0.0616. The summed E-state index contributed by atoms with van der Waals surface area (Å²) in [4.78, 5) is 12.2. The first-order chi connectivity index (χ1) is 7.68. The van der Waals surface area contributed by atoms with Crippen molar-refractivity contribution in [2.75, 3.05) is 6.61 Å². The van der Waals surface area contributed by atoms with Crippen molar-refractivity contribution >= 4 is 21.7 Å². The second-order valence-corrected chi connectivity index (χ2v) is 4.78. The molecule has 0 spiro atoms. The monoisotopic (exact) mass is 280 g/mol. The van der Waals surface area contributed by atoms with Crippen LogP contribution in [0.2, 0.25) is 0 Å². The third kappa shape index (κ3) is 2.35. The molecule has 0 radical (unpaired) electrons. The zero-order valence-corrected chi connectivity index (χ0v) is 10.7. The van der Waals surface area contributed by atoms with Crippen molar-refractivity contribution < 1.29 is 9.53 Å². The van der Waals surface area contributed by atoms with Crippen LogP contribution in [0.25, 0.3) is 0 Å². The number of allylic oxidation sites excluding steroid dienone is 1.